The molecule has 0 aliphatic carbocycles. The van der Waals surface area contributed by atoms with Gasteiger partial charge >= 0.3 is 0 Å². The van der Waals surface area contributed by atoms with Crippen LogP contribution in [0.25, 0.3) is 0 Å². The second-order valence-electron chi connectivity index (χ2n) is 8.51. The van der Waals surface area contributed by atoms with Gasteiger partial charge in [0.15, 0.2) is 5.16 Å². The number of thioether (sulfide) groups is 1. The molecule has 0 saturated carbocycles. The fraction of sp³-hybridized carbons (Fsp3) is 0.222. The van der Waals surface area contributed by atoms with E-state index in [1.165, 1.54) is 11.8 Å². The van der Waals surface area contributed by atoms with E-state index in [2.05, 4.69) is 20.1 Å². The number of carbonyl (C=O) groups excluding carboxylic acids is 1. The summed E-state index contributed by atoms with van der Waals surface area (Å²) in [5, 5.41) is 4.65. The van der Waals surface area contributed by atoms with Crippen molar-refractivity contribution in [2.45, 2.75) is 17.5 Å². The number of amides is 1. The number of para-hydroxylation sites is 1. The number of rotatable bonds is 8. The first-order valence-electron chi connectivity index (χ1n) is 11.9. The quantitative estimate of drug-likeness (QED) is 0.165. The fourth-order valence-corrected chi connectivity index (χ4v) is 5.41. The Morgan fingerprint density at radius 3 is 2.54 bits per heavy atom. The summed E-state index contributed by atoms with van der Waals surface area (Å²) in [5.74, 6) is 1.98. The van der Waals surface area contributed by atoms with Crippen LogP contribution in [0.3, 0.4) is 0 Å². The normalized spacial score (nSPS) is 13.6. The number of aromatic nitrogens is 2. The van der Waals surface area contributed by atoms with Crippen molar-refractivity contribution in [3.63, 3.8) is 0 Å². The third kappa shape index (κ3) is 6.57. The number of hydrogen-bond acceptors (Lipinski definition) is 7. The lowest BCUT2D eigenvalue weighted by molar-refractivity contribution is 0.0948. The van der Waals surface area contributed by atoms with Gasteiger partial charge in [-0.2, -0.15) is 0 Å². The molecule has 190 valence electrons. The molecule has 37 heavy (non-hydrogen) atoms. The van der Waals surface area contributed by atoms with Crippen molar-refractivity contribution >= 4 is 52.4 Å². The SMILES string of the molecule is O=C(NCc1ccco1)c1cccc(CSc2nc(Cl)cc(N3CCN(c4ccccc4Cl)CC3)n2)c1. The lowest BCUT2D eigenvalue weighted by Gasteiger charge is -2.37. The van der Waals surface area contributed by atoms with Crippen molar-refractivity contribution in [1.82, 2.24) is 15.3 Å². The van der Waals surface area contributed by atoms with Gasteiger partial charge in [-0.3, -0.25) is 4.79 Å². The van der Waals surface area contributed by atoms with Crippen molar-refractivity contribution < 1.29 is 9.21 Å². The van der Waals surface area contributed by atoms with E-state index in [1.54, 1.807) is 24.5 Å². The molecule has 7 nitrogen and oxygen atoms in total. The van der Waals surface area contributed by atoms with Crippen molar-refractivity contribution in [3.05, 3.63) is 100 Å². The third-order valence-electron chi connectivity index (χ3n) is 6.02. The van der Waals surface area contributed by atoms with Crippen LogP contribution in [0.5, 0.6) is 0 Å². The minimum atomic E-state index is -0.152. The molecular formula is C27H25Cl2N5O2S. The molecule has 0 unspecified atom stereocenters. The second-order valence-corrected chi connectivity index (χ2v) is 10.2. The van der Waals surface area contributed by atoms with E-state index in [9.17, 15) is 4.79 Å². The second kappa shape index (κ2) is 11.9. The molecular weight excluding hydrogens is 529 g/mol. The van der Waals surface area contributed by atoms with Crippen LogP contribution in [-0.2, 0) is 12.3 Å². The number of benzene rings is 2. The van der Waals surface area contributed by atoms with Crippen LogP contribution in [0, 0.1) is 0 Å². The standard InChI is InChI=1S/C27H25Cl2N5O2S/c28-22-8-1-2-9-23(22)33-10-12-34(13-11-33)25-16-24(29)31-27(32-25)37-18-19-5-3-6-20(15-19)26(35)30-17-21-7-4-14-36-21/h1-9,14-16H,10-13,17-18H2,(H,30,35). The third-order valence-corrected chi connectivity index (χ3v) is 7.45. The Hall–Kier alpha value is -3.20. The topological polar surface area (TPSA) is 74.5 Å². The zero-order valence-corrected chi connectivity index (χ0v) is 22.3. The van der Waals surface area contributed by atoms with Crippen molar-refractivity contribution in [1.29, 1.82) is 0 Å². The van der Waals surface area contributed by atoms with E-state index in [1.807, 2.05) is 48.5 Å². The average molecular weight is 555 g/mol. The maximum absolute atomic E-state index is 12.5. The summed E-state index contributed by atoms with van der Waals surface area (Å²) in [6.45, 7) is 3.62. The summed E-state index contributed by atoms with van der Waals surface area (Å²) in [4.78, 5) is 26.2. The molecule has 0 bridgehead atoms. The van der Waals surface area contributed by atoms with Gasteiger partial charge in [-0.05, 0) is 42.0 Å². The molecule has 1 aliphatic heterocycles. The van der Waals surface area contributed by atoms with Gasteiger partial charge in [-0.1, -0.05) is 59.2 Å². The van der Waals surface area contributed by atoms with E-state index in [0.29, 0.717) is 33.9 Å². The van der Waals surface area contributed by atoms with Crippen molar-refractivity contribution in [3.8, 4) is 0 Å². The molecule has 10 heteroatoms. The minimum Gasteiger partial charge on any atom is -0.467 e. The first-order valence-corrected chi connectivity index (χ1v) is 13.6. The van der Waals surface area contributed by atoms with Gasteiger partial charge in [-0.15, -0.1) is 0 Å². The number of hydrogen-bond donors (Lipinski definition) is 1. The maximum atomic E-state index is 12.5. The molecule has 1 fully saturated rings. The average Bonchev–Trinajstić information content (AvgIpc) is 3.45. The number of piperazine rings is 1. The molecule has 5 rings (SSSR count). The number of carbonyl (C=O) groups is 1. The monoisotopic (exact) mass is 553 g/mol. The minimum absolute atomic E-state index is 0.152. The maximum Gasteiger partial charge on any atom is 0.251 e. The molecule has 2 aromatic heterocycles. The number of nitrogens with one attached hydrogen (secondary N) is 1. The lowest BCUT2D eigenvalue weighted by atomic mass is 10.1. The highest BCUT2D eigenvalue weighted by atomic mass is 35.5. The fourth-order valence-electron chi connectivity index (χ4n) is 4.13. The zero-order chi connectivity index (χ0) is 25.6. The molecule has 2 aromatic carbocycles. The summed E-state index contributed by atoms with van der Waals surface area (Å²) in [5.41, 5.74) is 2.64. The van der Waals surface area contributed by atoms with E-state index < -0.39 is 0 Å². The van der Waals surface area contributed by atoms with Crippen LogP contribution in [0.1, 0.15) is 21.7 Å². The van der Waals surface area contributed by atoms with Crippen LogP contribution in [0.2, 0.25) is 10.2 Å². The summed E-state index contributed by atoms with van der Waals surface area (Å²) in [7, 11) is 0. The van der Waals surface area contributed by atoms with Gasteiger partial charge in [0, 0.05) is 43.6 Å². The van der Waals surface area contributed by atoms with Gasteiger partial charge in [0.1, 0.15) is 16.7 Å². The molecule has 1 saturated heterocycles. The van der Waals surface area contributed by atoms with E-state index >= 15 is 0 Å². The Morgan fingerprint density at radius 1 is 0.946 bits per heavy atom. The van der Waals surface area contributed by atoms with Crippen LogP contribution in [0.4, 0.5) is 11.5 Å². The summed E-state index contributed by atoms with van der Waals surface area (Å²) in [6, 6.07) is 20.9. The summed E-state index contributed by atoms with van der Waals surface area (Å²) >= 11 is 14.2. The lowest BCUT2D eigenvalue weighted by Crippen LogP contribution is -2.47. The Balaban J connectivity index is 1.19. The number of furan rings is 1. The molecule has 1 amide bonds. The highest BCUT2D eigenvalue weighted by molar-refractivity contribution is 7.98. The van der Waals surface area contributed by atoms with E-state index in [4.69, 9.17) is 32.6 Å². The molecule has 1 N–H and O–H groups in total. The predicted octanol–water partition coefficient (Wildman–Crippen LogP) is 5.93. The Labute approximate surface area is 229 Å². The molecule has 0 radical (unpaired) electrons. The van der Waals surface area contributed by atoms with Gasteiger partial charge in [0.05, 0.1) is 23.5 Å². The highest BCUT2D eigenvalue weighted by Gasteiger charge is 2.21. The predicted molar refractivity (Wildman–Crippen MR) is 149 cm³/mol. The van der Waals surface area contributed by atoms with Crippen LogP contribution in [-0.4, -0.2) is 42.1 Å². The Morgan fingerprint density at radius 2 is 1.76 bits per heavy atom. The van der Waals surface area contributed by atoms with Gasteiger partial charge in [0.2, 0.25) is 0 Å². The molecule has 4 aromatic rings. The Bertz CT molecular complexity index is 1360. The largest absolute Gasteiger partial charge is 0.467 e. The zero-order valence-electron chi connectivity index (χ0n) is 19.9. The van der Waals surface area contributed by atoms with Crippen LogP contribution >= 0.6 is 35.0 Å². The number of nitrogens with zero attached hydrogens (tertiary/aromatic N) is 4. The van der Waals surface area contributed by atoms with Gasteiger partial charge in [-0.25, -0.2) is 9.97 Å². The van der Waals surface area contributed by atoms with E-state index in [-0.39, 0.29) is 5.91 Å². The summed E-state index contributed by atoms with van der Waals surface area (Å²) in [6.07, 6.45) is 1.59. The van der Waals surface area contributed by atoms with Gasteiger partial charge < -0.3 is 19.5 Å². The summed E-state index contributed by atoms with van der Waals surface area (Å²) < 4.78 is 5.27. The smallest absolute Gasteiger partial charge is 0.251 e. The Kier molecular flexibility index (Phi) is 8.18. The van der Waals surface area contributed by atoms with Crippen LogP contribution < -0.4 is 15.1 Å². The van der Waals surface area contributed by atoms with E-state index in [0.717, 1.165) is 48.3 Å². The van der Waals surface area contributed by atoms with Crippen LogP contribution in [0.15, 0.2) is 82.6 Å². The molecule has 0 atom stereocenters. The van der Waals surface area contributed by atoms with Gasteiger partial charge in [0.25, 0.3) is 5.91 Å². The van der Waals surface area contributed by atoms with Crippen molar-refractivity contribution in [2.75, 3.05) is 36.0 Å². The first kappa shape index (κ1) is 25.4. The highest BCUT2D eigenvalue weighted by Crippen LogP contribution is 2.29. The van der Waals surface area contributed by atoms with Crippen molar-refractivity contribution in [2.24, 2.45) is 0 Å². The molecule has 3 heterocycles. The number of anilines is 2. The molecule has 0 spiro atoms. The molecule has 1 aliphatic rings. The number of halogens is 2. The first-order chi connectivity index (χ1) is 18.0.